The van der Waals surface area contributed by atoms with Crippen LogP contribution < -0.4 is 4.74 Å². The van der Waals surface area contributed by atoms with E-state index in [1.54, 1.807) is 18.2 Å². The molecule has 0 fully saturated rings. The van der Waals surface area contributed by atoms with Crippen molar-refractivity contribution in [2.45, 2.75) is 6.42 Å². The summed E-state index contributed by atoms with van der Waals surface area (Å²) >= 11 is 18.7. The van der Waals surface area contributed by atoms with Gasteiger partial charge in [-0.3, -0.25) is 0 Å². The van der Waals surface area contributed by atoms with E-state index in [0.29, 0.717) is 31.9 Å². The van der Waals surface area contributed by atoms with E-state index in [4.69, 9.17) is 39.5 Å². The molecule has 20 heavy (non-hydrogen) atoms. The van der Waals surface area contributed by atoms with E-state index in [0.717, 1.165) is 11.8 Å². The molecule has 2 aromatic rings. The smallest absolute Gasteiger partial charge is 0.125 e. The molecule has 0 spiro atoms. The van der Waals surface area contributed by atoms with Gasteiger partial charge in [0.1, 0.15) is 12.0 Å². The molecule has 0 saturated heterocycles. The van der Waals surface area contributed by atoms with Crippen LogP contribution in [0, 0.1) is 0 Å². The van der Waals surface area contributed by atoms with Crippen molar-refractivity contribution in [2.24, 2.45) is 0 Å². The third kappa shape index (κ3) is 2.93. The van der Waals surface area contributed by atoms with Crippen LogP contribution in [-0.2, 0) is 11.2 Å². The van der Waals surface area contributed by atoms with Gasteiger partial charge in [0.05, 0.1) is 17.2 Å². The molecule has 0 aromatic heterocycles. The van der Waals surface area contributed by atoms with Gasteiger partial charge in [-0.2, -0.15) is 0 Å². The van der Waals surface area contributed by atoms with E-state index < -0.39 is 0 Å². The van der Waals surface area contributed by atoms with Crippen molar-refractivity contribution >= 4 is 41.1 Å². The zero-order chi connectivity index (χ0) is 14.7. The highest BCUT2D eigenvalue weighted by atomic mass is 35.5. The number of hydrogen-bond acceptors (Lipinski definition) is 2. The average molecular weight is 330 g/mol. The molecule has 0 atom stereocenters. The fourth-order valence-corrected chi connectivity index (χ4v) is 2.93. The molecule has 0 saturated carbocycles. The van der Waals surface area contributed by atoms with Gasteiger partial charge in [0, 0.05) is 22.6 Å². The average Bonchev–Trinajstić information content (AvgIpc) is 2.42. The quantitative estimate of drug-likeness (QED) is 0.733. The lowest BCUT2D eigenvalue weighted by Gasteiger charge is -2.15. The summed E-state index contributed by atoms with van der Waals surface area (Å²) in [5.41, 5.74) is 2.05. The Hall–Kier alpha value is -1.22. The van der Waals surface area contributed by atoms with Crippen LogP contribution in [0.2, 0.25) is 15.1 Å². The largest absolute Gasteiger partial charge is 0.496 e. The lowest BCUT2D eigenvalue weighted by Crippen LogP contribution is -1.97. The van der Waals surface area contributed by atoms with E-state index in [-0.39, 0.29) is 6.42 Å². The minimum Gasteiger partial charge on any atom is -0.496 e. The molecule has 0 aliphatic heterocycles. The van der Waals surface area contributed by atoms with Crippen LogP contribution in [-0.4, -0.2) is 13.4 Å². The Bertz CT molecular complexity index is 654. The summed E-state index contributed by atoms with van der Waals surface area (Å²) in [4.78, 5) is 10.8. The van der Waals surface area contributed by atoms with Crippen molar-refractivity contribution in [3.63, 3.8) is 0 Å². The Morgan fingerprint density at radius 3 is 2.55 bits per heavy atom. The van der Waals surface area contributed by atoms with E-state index in [1.165, 1.54) is 7.11 Å². The predicted molar refractivity (Wildman–Crippen MR) is 83.2 cm³/mol. The van der Waals surface area contributed by atoms with Gasteiger partial charge in [-0.25, -0.2) is 0 Å². The Labute approximate surface area is 132 Å². The standard InChI is InChI=1S/C15H11Cl3O2/c1-20-13-8-12(17)14(15(18)11(13)5-6-19)9-3-2-4-10(16)7-9/h2-4,6-8H,5H2,1H3. The summed E-state index contributed by atoms with van der Waals surface area (Å²) < 4.78 is 5.22. The predicted octanol–water partition coefficient (Wildman–Crippen LogP) is 5.06. The molecule has 0 amide bonds. The van der Waals surface area contributed by atoms with Crippen LogP contribution in [0.4, 0.5) is 0 Å². The molecule has 0 bridgehead atoms. The Morgan fingerprint density at radius 1 is 1.20 bits per heavy atom. The second kappa shape index (κ2) is 6.49. The van der Waals surface area contributed by atoms with E-state index in [9.17, 15) is 4.79 Å². The molecule has 2 aromatic carbocycles. The van der Waals surface area contributed by atoms with Crippen LogP contribution in [0.25, 0.3) is 11.1 Å². The topological polar surface area (TPSA) is 26.3 Å². The first-order chi connectivity index (χ1) is 9.58. The van der Waals surface area contributed by atoms with Crippen molar-refractivity contribution in [3.05, 3.63) is 51.0 Å². The number of hydrogen-bond donors (Lipinski definition) is 0. The van der Waals surface area contributed by atoms with Crippen molar-refractivity contribution in [1.82, 2.24) is 0 Å². The first-order valence-electron chi connectivity index (χ1n) is 5.83. The second-order valence-electron chi connectivity index (χ2n) is 4.11. The summed E-state index contributed by atoms with van der Waals surface area (Å²) in [7, 11) is 1.51. The second-order valence-corrected chi connectivity index (χ2v) is 5.33. The molecule has 0 heterocycles. The molecular weight excluding hydrogens is 319 g/mol. The fourth-order valence-electron chi connectivity index (χ4n) is 2.00. The molecule has 0 aliphatic rings. The third-order valence-electron chi connectivity index (χ3n) is 2.90. The molecule has 5 heteroatoms. The first kappa shape index (κ1) is 15.2. The zero-order valence-corrected chi connectivity index (χ0v) is 12.9. The van der Waals surface area contributed by atoms with E-state index in [1.807, 2.05) is 12.1 Å². The number of carbonyl (C=O) groups excluding carboxylic acids is 1. The van der Waals surface area contributed by atoms with E-state index in [2.05, 4.69) is 0 Å². The normalized spacial score (nSPS) is 10.4. The summed E-state index contributed by atoms with van der Waals surface area (Å²) in [6, 6.07) is 8.86. The minimum atomic E-state index is 0.159. The molecule has 0 unspecified atom stereocenters. The molecular formula is C15H11Cl3O2. The molecule has 2 rings (SSSR count). The lowest BCUT2D eigenvalue weighted by molar-refractivity contribution is -0.107. The van der Waals surface area contributed by atoms with Gasteiger partial charge < -0.3 is 9.53 Å². The maximum absolute atomic E-state index is 10.8. The summed E-state index contributed by atoms with van der Waals surface area (Å²) in [6.07, 6.45) is 0.937. The molecule has 0 aliphatic carbocycles. The maximum atomic E-state index is 10.8. The molecule has 2 nitrogen and oxygen atoms in total. The highest BCUT2D eigenvalue weighted by molar-refractivity contribution is 6.40. The minimum absolute atomic E-state index is 0.159. The van der Waals surface area contributed by atoms with Crippen molar-refractivity contribution in [1.29, 1.82) is 0 Å². The van der Waals surface area contributed by atoms with Crippen LogP contribution >= 0.6 is 34.8 Å². The lowest BCUT2D eigenvalue weighted by atomic mass is 10.0. The van der Waals surface area contributed by atoms with Crippen molar-refractivity contribution < 1.29 is 9.53 Å². The highest BCUT2D eigenvalue weighted by Gasteiger charge is 2.17. The van der Waals surface area contributed by atoms with Gasteiger partial charge in [-0.1, -0.05) is 46.9 Å². The van der Waals surface area contributed by atoms with Crippen LogP contribution in [0.15, 0.2) is 30.3 Å². The van der Waals surface area contributed by atoms with Gasteiger partial charge in [0.15, 0.2) is 0 Å². The fraction of sp³-hybridized carbons (Fsp3) is 0.133. The van der Waals surface area contributed by atoms with Gasteiger partial charge in [-0.15, -0.1) is 0 Å². The number of aldehydes is 1. The number of carbonyl (C=O) groups is 1. The number of methoxy groups -OCH3 is 1. The molecule has 0 N–H and O–H groups in total. The summed E-state index contributed by atoms with van der Waals surface area (Å²) in [6.45, 7) is 0. The van der Waals surface area contributed by atoms with Gasteiger partial charge in [0.25, 0.3) is 0 Å². The van der Waals surface area contributed by atoms with Gasteiger partial charge in [0.2, 0.25) is 0 Å². The number of rotatable bonds is 4. The summed E-state index contributed by atoms with van der Waals surface area (Å²) in [5, 5.41) is 1.44. The molecule has 104 valence electrons. The Morgan fingerprint density at radius 2 is 1.95 bits per heavy atom. The van der Waals surface area contributed by atoms with Gasteiger partial charge >= 0.3 is 0 Å². The van der Waals surface area contributed by atoms with Crippen LogP contribution in [0.3, 0.4) is 0 Å². The number of halogens is 3. The number of benzene rings is 2. The Balaban J connectivity index is 2.70. The summed E-state index contributed by atoms with van der Waals surface area (Å²) in [5.74, 6) is 0.498. The Kier molecular flexibility index (Phi) is 4.92. The van der Waals surface area contributed by atoms with Crippen molar-refractivity contribution in [2.75, 3.05) is 7.11 Å². The van der Waals surface area contributed by atoms with Gasteiger partial charge in [-0.05, 0) is 23.8 Å². The monoisotopic (exact) mass is 328 g/mol. The zero-order valence-electron chi connectivity index (χ0n) is 10.6. The molecule has 0 radical (unpaired) electrons. The third-order valence-corrected chi connectivity index (χ3v) is 3.85. The van der Waals surface area contributed by atoms with E-state index >= 15 is 0 Å². The first-order valence-corrected chi connectivity index (χ1v) is 6.96. The van der Waals surface area contributed by atoms with Crippen molar-refractivity contribution in [3.8, 4) is 16.9 Å². The van der Waals surface area contributed by atoms with Crippen LogP contribution in [0.5, 0.6) is 5.75 Å². The maximum Gasteiger partial charge on any atom is 0.125 e. The van der Waals surface area contributed by atoms with Crippen LogP contribution in [0.1, 0.15) is 5.56 Å². The SMILES string of the molecule is COc1cc(Cl)c(-c2cccc(Cl)c2)c(Cl)c1CC=O. The number of ether oxygens (including phenoxy) is 1. The highest BCUT2D eigenvalue weighted by Crippen LogP contribution is 2.42.